The van der Waals surface area contributed by atoms with Crippen LogP contribution in [0.1, 0.15) is 43.3 Å². The third-order valence-corrected chi connectivity index (χ3v) is 3.26. The van der Waals surface area contributed by atoms with Crippen LogP contribution in [0.4, 0.5) is 5.82 Å². The minimum atomic E-state index is 0.599. The van der Waals surface area contributed by atoms with Crippen LogP contribution in [0.3, 0.4) is 0 Å². The Morgan fingerprint density at radius 2 is 2.07 bits per heavy atom. The van der Waals surface area contributed by atoms with E-state index in [0.717, 1.165) is 29.7 Å². The van der Waals surface area contributed by atoms with Crippen LogP contribution in [0.5, 0.6) is 0 Å². The predicted octanol–water partition coefficient (Wildman–Crippen LogP) is 2.51. The third-order valence-electron chi connectivity index (χ3n) is 3.26. The lowest BCUT2D eigenvalue weighted by Crippen LogP contribution is -2.06. The van der Waals surface area contributed by atoms with Crippen molar-refractivity contribution in [3.63, 3.8) is 0 Å². The van der Waals surface area contributed by atoms with Gasteiger partial charge in [0, 0.05) is 24.2 Å². The van der Waals surface area contributed by atoms with E-state index < -0.39 is 0 Å². The molecule has 15 heavy (non-hydrogen) atoms. The van der Waals surface area contributed by atoms with Gasteiger partial charge < -0.3 is 5.32 Å². The summed E-state index contributed by atoms with van der Waals surface area (Å²) in [7, 11) is 1.93. The summed E-state index contributed by atoms with van der Waals surface area (Å²) in [5.74, 6) is 3.41. The number of hydrogen-bond acceptors (Lipinski definition) is 3. The Morgan fingerprint density at radius 3 is 2.53 bits per heavy atom. The van der Waals surface area contributed by atoms with Crippen molar-refractivity contribution >= 4 is 5.82 Å². The molecule has 0 radical (unpaired) electrons. The SMILES string of the molecule is CCc1c(C)nc(C2CC2C)nc1NC. The lowest BCUT2D eigenvalue weighted by atomic mass is 10.1. The maximum atomic E-state index is 4.61. The highest BCUT2D eigenvalue weighted by Crippen LogP contribution is 2.45. The van der Waals surface area contributed by atoms with Gasteiger partial charge in [0.05, 0.1) is 0 Å². The molecular formula is C12H19N3. The van der Waals surface area contributed by atoms with Gasteiger partial charge in [0.15, 0.2) is 0 Å². The van der Waals surface area contributed by atoms with Crippen LogP contribution in [0, 0.1) is 12.8 Å². The first-order valence-corrected chi connectivity index (χ1v) is 5.72. The van der Waals surface area contributed by atoms with Gasteiger partial charge in [-0.3, -0.25) is 0 Å². The molecule has 0 spiro atoms. The second-order valence-corrected chi connectivity index (χ2v) is 4.42. The first kappa shape index (κ1) is 10.4. The van der Waals surface area contributed by atoms with Crippen molar-refractivity contribution in [3.05, 3.63) is 17.1 Å². The average Bonchev–Trinajstić information content (AvgIpc) is 2.94. The van der Waals surface area contributed by atoms with Crippen molar-refractivity contribution in [2.24, 2.45) is 5.92 Å². The molecule has 2 rings (SSSR count). The Morgan fingerprint density at radius 1 is 1.40 bits per heavy atom. The van der Waals surface area contributed by atoms with Gasteiger partial charge in [-0.25, -0.2) is 9.97 Å². The lowest BCUT2D eigenvalue weighted by Gasteiger charge is -2.11. The molecule has 1 saturated carbocycles. The van der Waals surface area contributed by atoms with Crippen LogP contribution < -0.4 is 5.32 Å². The molecule has 1 heterocycles. The molecule has 1 N–H and O–H groups in total. The van der Waals surface area contributed by atoms with Crippen molar-refractivity contribution in [3.8, 4) is 0 Å². The van der Waals surface area contributed by atoms with Gasteiger partial charge in [-0.05, 0) is 25.7 Å². The standard InChI is InChI=1S/C12H19N3/c1-5-9-8(3)14-12(10-6-7(10)2)15-11(9)13-4/h7,10H,5-6H2,1-4H3,(H,13,14,15). The molecule has 0 saturated heterocycles. The smallest absolute Gasteiger partial charge is 0.134 e. The number of aryl methyl sites for hydroxylation is 1. The van der Waals surface area contributed by atoms with Gasteiger partial charge in [0.1, 0.15) is 11.6 Å². The average molecular weight is 205 g/mol. The molecule has 3 heteroatoms. The second-order valence-electron chi connectivity index (χ2n) is 4.42. The topological polar surface area (TPSA) is 37.8 Å². The van der Waals surface area contributed by atoms with Gasteiger partial charge in [-0.1, -0.05) is 13.8 Å². The van der Waals surface area contributed by atoms with Gasteiger partial charge in [-0.2, -0.15) is 0 Å². The zero-order valence-electron chi connectivity index (χ0n) is 9.96. The molecular weight excluding hydrogens is 186 g/mol. The lowest BCUT2D eigenvalue weighted by molar-refractivity contribution is 0.823. The second kappa shape index (κ2) is 3.80. The predicted molar refractivity (Wildman–Crippen MR) is 62.2 cm³/mol. The molecule has 0 amide bonds. The highest BCUT2D eigenvalue weighted by Gasteiger charge is 2.37. The molecule has 3 nitrogen and oxygen atoms in total. The number of nitrogens with one attached hydrogen (secondary N) is 1. The number of aromatic nitrogens is 2. The Hall–Kier alpha value is -1.12. The first-order chi connectivity index (χ1) is 7.17. The molecule has 1 aromatic heterocycles. The quantitative estimate of drug-likeness (QED) is 0.824. The summed E-state index contributed by atoms with van der Waals surface area (Å²) >= 11 is 0. The van der Waals surface area contributed by atoms with E-state index in [4.69, 9.17) is 0 Å². The van der Waals surface area contributed by atoms with Crippen LogP contribution >= 0.6 is 0 Å². The Kier molecular flexibility index (Phi) is 2.63. The molecule has 1 aliphatic rings. The number of anilines is 1. The number of rotatable bonds is 3. The van der Waals surface area contributed by atoms with Gasteiger partial charge in [-0.15, -0.1) is 0 Å². The van der Waals surface area contributed by atoms with Crippen molar-refractivity contribution in [1.29, 1.82) is 0 Å². The fraction of sp³-hybridized carbons (Fsp3) is 0.667. The molecule has 1 aliphatic carbocycles. The van der Waals surface area contributed by atoms with Crippen molar-refractivity contribution < 1.29 is 0 Å². The van der Waals surface area contributed by atoms with Crippen LogP contribution in [0.2, 0.25) is 0 Å². The van der Waals surface area contributed by atoms with Crippen molar-refractivity contribution in [2.45, 2.75) is 39.5 Å². The van der Waals surface area contributed by atoms with E-state index in [9.17, 15) is 0 Å². The summed E-state index contributed by atoms with van der Waals surface area (Å²) in [6.07, 6.45) is 2.23. The zero-order chi connectivity index (χ0) is 11.0. The van der Waals surface area contributed by atoms with E-state index >= 15 is 0 Å². The van der Waals surface area contributed by atoms with Crippen LogP contribution in [0.15, 0.2) is 0 Å². The molecule has 2 atom stereocenters. The monoisotopic (exact) mass is 205 g/mol. The van der Waals surface area contributed by atoms with E-state index in [1.54, 1.807) is 0 Å². The summed E-state index contributed by atoms with van der Waals surface area (Å²) in [5, 5.41) is 3.17. The Labute approximate surface area is 91.3 Å². The molecule has 1 aromatic rings. The minimum absolute atomic E-state index is 0.599. The summed E-state index contributed by atoms with van der Waals surface area (Å²) in [6.45, 7) is 6.49. The number of hydrogen-bond donors (Lipinski definition) is 1. The number of nitrogens with zero attached hydrogens (tertiary/aromatic N) is 2. The first-order valence-electron chi connectivity index (χ1n) is 5.72. The van der Waals surface area contributed by atoms with Crippen LogP contribution in [-0.4, -0.2) is 17.0 Å². The largest absolute Gasteiger partial charge is 0.373 e. The summed E-state index contributed by atoms with van der Waals surface area (Å²) < 4.78 is 0. The Bertz CT molecular complexity index is 373. The molecule has 0 aliphatic heterocycles. The molecule has 1 fully saturated rings. The van der Waals surface area contributed by atoms with E-state index in [0.29, 0.717) is 5.92 Å². The van der Waals surface area contributed by atoms with E-state index in [2.05, 4.69) is 36.1 Å². The van der Waals surface area contributed by atoms with Gasteiger partial charge in [0.2, 0.25) is 0 Å². The minimum Gasteiger partial charge on any atom is -0.373 e. The summed E-state index contributed by atoms with van der Waals surface area (Å²) in [4.78, 5) is 9.23. The van der Waals surface area contributed by atoms with Gasteiger partial charge in [0.25, 0.3) is 0 Å². The maximum absolute atomic E-state index is 4.61. The summed E-state index contributed by atoms with van der Waals surface area (Å²) in [5.41, 5.74) is 2.38. The highest BCUT2D eigenvalue weighted by atomic mass is 15.0. The Balaban J connectivity index is 2.39. The zero-order valence-corrected chi connectivity index (χ0v) is 9.96. The normalized spacial score (nSPS) is 24.0. The molecule has 0 bridgehead atoms. The summed E-state index contributed by atoms with van der Waals surface area (Å²) in [6, 6.07) is 0. The van der Waals surface area contributed by atoms with E-state index in [1.807, 2.05) is 7.05 Å². The van der Waals surface area contributed by atoms with Crippen LogP contribution in [0.25, 0.3) is 0 Å². The third kappa shape index (κ3) is 1.83. The fourth-order valence-electron chi connectivity index (χ4n) is 2.10. The van der Waals surface area contributed by atoms with Gasteiger partial charge >= 0.3 is 0 Å². The molecule has 2 unspecified atom stereocenters. The van der Waals surface area contributed by atoms with Crippen molar-refractivity contribution in [1.82, 2.24) is 9.97 Å². The molecule has 0 aromatic carbocycles. The fourth-order valence-corrected chi connectivity index (χ4v) is 2.10. The highest BCUT2D eigenvalue weighted by molar-refractivity contribution is 5.46. The van der Waals surface area contributed by atoms with Crippen molar-refractivity contribution in [2.75, 3.05) is 12.4 Å². The van der Waals surface area contributed by atoms with Crippen LogP contribution in [-0.2, 0) is 6.42 Å². The maximum Gasteiger partial charge on any atom is 0.134 e. The van der Waals surface area contributed by atoms with E-state index in [-0.39, 0.29) is 0 Å². The van der Waals surface area contributed by atoms with E-state index in [1.165, 1.54) is 12.0 Å². The molecule has 82 valence electrons.